The van der Waals surface area contributed by atoms with Gasteiger partial charge in [-0.25, -0.2) is 4.90 Å². The van der Waals surface area contributed by atoms with Gasteiger partial charge < -0.3 is 10.1 Å². The average molecular weight is 609 g/mol. The molecule has 208 valence electrons. The van der Waals surface area contributed by atoms with E-state index in [4.69, 9.17) is 4.74 Å². The van der Waals surface area contributed by atoms with E-state index in [1.807, 2.05) is 17.5 Å². The van der Waals surface area contributed by atoms with Crippen molar-refractivity contribution in [2.45, 2.75) is 22.7 Å². The normalized spacial score (nSPS) is 19.5. The number of nitrogens with zero attached hydrogens (tertiary/aromatic N) is 3. The number of hydrogen-bond donors (Lipinski definition) is 1. The fraction of sp³-hybridized carbons (Fsp3) is 0.185. The van der Waals surface area contributed by atoms with Crippen LogP contribution in [0.15, 0.2) is 75.9 Å². The predicted octanol–water partition coefficient (Wildman–Crippen LogP) is 4.32. The molecule has 2 aliphatic heterocycles. The van der Waals surface area contributed by atoms with Crippen LogP contribution in [-0.2, 0) is 20.9 Å². The number of thioether (sulfide) groups is 1. The van der Waals surface area contributed by atoms with Crippen molar-refractivity contribution in [3.63, 3.8) is 0 Å². The van der Waals surface area contributed by atoms with Crippen LogP contribution in [0.25, 0.3) is 0 Å². The largest absolute Gasteiger partial charge is 0.497 e. The molecule has 3 atom stereocenters. The smallest absolute Gasteiger partial charge is 0.308 e. The van der Waals surface area contributed by atoms with Gasteiger partial charge in [-0.3, -0.25) is 33.9 Å². The van der Waals surface area contributed by atoms with E-state index >= 15 is 0 Å². The number of nitro groups is 1. The highest BCUT2D eigenvalue weighted by atomic mass is 32.2. The molecule has 0 bridgehead atoms. The standard InChI is InChI=1S/C27H20N4O7S3/c1-38-17-10-4-14(5-11-17)28-19(32)13-29-26-23(41-27(29)35)20(18-3-2-12-39-18)21-22(40-26)25(34)30(24(21)33)15-6-8-16(9-7-15)31(36)37/h2-12,20-22H,13H2,1H3,(H,28,32)/t20-,21?,22?/m0/s1. The molecule has 0 radical (unpaired) electrons. The van der Waals surface area contributed by atoms with Crippen LogP contribution in [0.1, 0.15) is 15.7 Å². The number of ether oxygens (including phenoxy) is 1. The minimum absolute atomic E-state index is 0.157. The summed E-state index contributed by atoms with van der Waals surface area (Å²) in [6, 6.07) is 15.7. The van der Waals surface area contributed by atoms with Gasteiger partial charge in [-0.15, -0.1) is 11.3 Å². The van der Waals surface area contributed by atoms with Gasteiger partial charge in [0.25, 0.3) is 5.69 Å². The maximum Gasteiger partial charge on any atom is 0.308 e. The Balaban J connectivity index is 1.34. The zero-order chi connectivity index (χ0) is 28.8. The number of hydrogen-bond acceptors (Lipinski definition) is 10. The van der Waals surface area contributed by atoms with Gasteiger partial charge in [-0.1, -0.05) is 29.2 Å². The third-order valence-electron chi connectivity index (χ3n) is 6.89. The molecule has 1 N–H and O–H groups in total. The lowest BCUT2D eigenvalue weighted by Gasteiger charge is -2.29. The zero-order valence-corrected chi connectivity index (χ0v) is 23.7. The average Bonchev–Trinajstić information content (AvgIpc) is 3.66. The Morgan fingerprint density at radius 1 is 1.05 bits per heavy atom. The molecular weight excluding hydrogens is 589 g/mol. The molecule has 41 heavy (non-hydrogen) atoms. The first-order chi connectivity index (χ1) is 19.8. The monoisotopic (exact) mass is 608 g/mol. The molecule has 2 aromatic heterocycles. The molecule has 0 aliphatic carbocycles. The van der Waals surface area contributed by atoms with Crippen LogP contribution < -0.4 is 19.8 Å². The van der Waals surface area contributed by atoms with Crippen LogP contribution >= 0.6 is 34.4 Å². The topological polar surface area (TPSA) is 141 Å². The Bertz CT molecular complexity index is 1730. The second-order valence-electron chi connectivity index (χ2n) is 9.24. The van der Waals surface area contributed by atoms with Crippen molar-refractivity contribution in [3.8, 4) is 5.75 Å². The number of nitro benzene ring substituents is 1. The van der Waals surface area contributed by atoms with Crippen molar-refractivity contribution in [3.05, 3.63) is 95.6 Å². The molecule has 0 spiro atoms. The summed E-state index contributed by atoms with van der Waals surface area (Å²) in [5.74, 6) is -2.04. The molecule has 2 aliphatic rings. The van der Waals surface area contributed by atoms with Gasteiger partial charge in [-0.2, -0.15) is 0 Å². The summed E-state index contributed by atoms with van der Waals surface area (Å²) in [5.41, 5.74) is 0.618. The number of aromatic nitrogens is 1. The number of methoxy groups -OCH3 is 1. The number of anilines is 2. The first-order valence-corrected chi connectivity index (χ1v) is 14.8. The Morgan fingerprint density at radius 3 is 2.41 bits per heavy atom. The molecule has 4 aromatic rings. The number of imide groups is 1. The molecule has 4 heterocycles. The van der Waals surface area contributed by atoms with Gasteiger partial charge in [0.15, 0.2) is 0 Å². The second-order valence-corrected chi connectivity index (χ2v) is 12.3. The molecule has 0 saturated carbocycles. The Hall–Kier alpha value is -4.27. The summed E-state index contributed by atoms with van der Waals surface area (Å²) in [5, 5.41) is 15.4. The SMILES string of the molecule is COc1ccc(NC(=O)Cn2c3c(sc2=O)[C@@H](c2cccs2)C2C(=O)N(c4ccc([N+](=O)[O-])cc4)C(=O)C2S3)cc1. The molecule has 1 fully saturated rings. The van der Waals surface area contributed by atoms with Crippen LogP contribution in [0, 0.1) is 16.0 Å². The lowest BCUT2D eigenvalue weighted by molar-refractivity contribution is -0.384. The summed E-state index contributed by atoms with van der Waals surface area (Å²) >= 11 is 3.50. The van der Waals surface area contributed by atoms with Crippen LogP contribution in [0.2, 0.25) is 0 Å². The third-order valence-corrected chi connectivity index (χ3v) is 10.5. The van der Waals surface area contributed by atoms with Crippen LogP contribution in [-0.4, -0.2) is 39.6 Å². The van der Waals surface area contributed by atoms with E-state index in [-0.39, 0.29) is 22.8 Å². The molecular formula is C27H20N4O7S3. The van der Waals surface area contributed by atoms with Crippen molar-refractivity contribution in [2.24, 2.45) is 5.92 Å². The van der Waals surface area contributed by atoms with Crippen LogP contribution in [0.5, 0.6) is 5.75 Å². The van der Waals surface area contributed by atoms with E-state index < -0.39 is 39.7 Å². The fourth-order valence-corrected chi connectivity index (χ4v) is 8.75. The van der Waals surface area contributed by atoms with Gasteiger partial charge in [-0.05, 0) is 47.8 Å². The summed E-state index contributed by atoms with van der Waals surface area (Å²) in [4.78, 5) is 66.4. The maximum atomic E-state index is 13.8. The van der Waals surface area contributed by atoms with Gasteiger partial charge in [0, 0.05) is 33.5 Å². The highest BCUT2D eigenvalue weighted by Crippen LogP contribution is 2.54. The summed E-state index contributed by atoms with van der Waals surface area (Å²) in [7, 11) is 1.54. The van der Waals surface area contributed by atoms with Crippen molar-refractivity contribution in [2.75, 3.05) is 17.3 Å². The third kappa shape index (κ3) is 4.73. The van der Waals surface area contributed by atoms with Gasteiger partial charge in [0.2, 0.25) is 17.7 Å². The van der Waals surface area contributed by atoms with E-state index in [0.29, 0.717) is 21.3 Å². The molecule has 2 unspecified atom stereocenters. The van der Waals surface area contributed by atoms with E-state index in [0.717, 1.165) is 32.9 Å². The Kier molecular flexibility index (Phi) is 6.97. The van der Waals surface area contributed by atoms with Crippen molar-refractivity contribution in [1.29, 1.82) is 0 Å². The second kappa shape index (κ2) is 10.6. The number of nitrogens with one attached hydrogen (secondary N) is 1. The van der Waals surface area contributed by atoms with Crippen molar-refractivity contribution >= 4 is 69.2 Å². The molecule has 6 rings (SSSR count). The quantitative estimate of drug-likeness (QED) is 0.186. The zero-order valence-electron chi connectivity index (χ0n) is 21.2. The number of amides is 3. The lowest BCUT2D eigenvalue weighted by atomic mass is 9.87. The predicted molar refractivity (Wildman–Crippen MR) is 155 cm³/mol. The first-order valence-electron chi connectivity index (χ1n) is 12.3. The Labute approximate surface area is 244 Å². The minimum Gasteiger partial charge on any atom is -0.497 e. The van der Waals surface area contributed by atoms with Gasteiger partial charge in [0.05, 0.1) is 28.7 Å². The lowest BCUT2D eigenvalue weighted by Crippen LogP contribution is -2.32. The minimum atomic E-state index is -0.845. The number of thiophene rings is 1. The number of thiazole rings is 1. The van der Waals surface area contributed by atoms with Gasteiger partial charge >= 0.3 is 4.87 Å². The van der Waals surface area contributed by atoms with E-state index in [1.165, 1.54) is 40.2 Å². The molecule has 14 heteroatoms. The molecule has 2 aromatic carbocycles. The highest BCUT2D eigenvalue weighted by molar-refractivity contribution is 8.00. The fourth-order valence-electron chi connectivity index (χ4n) is 5.03. The van der Waals surface area contributed by atoms with E-state index in [1.54, 1.807) is 31.4 Å². The number of carbonyl (C=O) groups is 3. The van der Waals surface area contributed by atoms with Crippen molar-refractivity contribution < 1.29 is 24.0 Å². The molecule has 1 saturated heterocycles. The Morgan fingerprint density at radius 2 is 1.78 bits per heavy atom. The highest BCUT2D eigenvalue weighted by Gasteiger charge is 2.57. The van der Waals surface area contributed by atoms with Crippen LogP contribution in [0.4, 0.5) is 17.1 Å². The van der Waals surface area contributed by atoms with E-state index in [9.17, 15) is 29.3 Å². The van der Waals surface area contributed by atoms with Crippen LogP contribution in [0.3, 0.4) is 0 Å². The summed E-state index contributed by atoms with van der Waals surface area (Å²) in [6.45, 7) is -0.271. The summed E-state index contributed by atoms with van der Waals surface area (Å²) in [6.07, 6.45) is 0. The number of fused-ring (bicyclic) bond motifs is 2. The number of benzene rings is 2. The maximum absolute atomic E-state index is 13.8. The van der Waals surface area contributed by atoms with Gasteiger partial charge in [0.1, 0.15) is 17.5 Å². The summed E-state index contributed by atoms with van der Waals surface area (Å²) < 4.78 is 6.49. The van der Waals surface area contributed by atoms with E-state index in [2.05, 4.69) is 5.32 Å². The first kappa shape index (κ1) is 26.9. The molecule has 11 nitrogen and oxygen atoms in total. The number of non-ortho nitro benzene ring substituents is 1. The number of carbonyl (C=O) groups excluding carboxylic acids is 3. The van der Waals surface area contributed by atoms with Crippen molar-refractivity contribution in [1.82, 2.24) is 4.57 Å². The molecule has 3 amide bonds. The number of rotatable bonds is 7.